The Morgan fingerprint density at radius 1 is 1.17 bits per heavy atom. The lowest BCUT2D eigenvalue weighted by Gasteiger charge is -2.39. The van der Waals surface area contributed by atoms with Crippen LogP contribution in [-0.2, 0) is 5.41 Å². The van der Waals surface area contributed by atoms with E-state index in [1.165, 1.54) is 11.1 Å². The zero-order valence-corrected chi connectivity index (χ0v) is 17.7. The van der Waals surface area contributed by atoms with E-state index in [9.17, 15) is 5.11 Å². The van der Waals surface area contributed by atoms with Crippen molar-refractivity contribution in [2.24, 2.45) is 0 Å². The number of rotatable bonds is 3. The average molecular weight is 347 g/mol. The lowest BCUT2D eigenvalue weighted by Crippen LogP contribution is -2.44. The summed E-state index contributed by atoms with van der Waals surface area (Å²) in [5.74, 6) is 0.975. The Hall–Kier alpha value is -1.06. The highest BCUT2D eigenvalue weighted by Gasteiger charge is 2.48. The third-order valence-corrected chi connectivity index (χ3v) is 10.7. The molecule has 1 aromatic rings. The molecule has 0 bridgehead atoms. The first-order chi connectivity index (χ1) is 10.7. The van der Waals surface area contributed by atoms with Gasteiger partial charge in [-0.2, -0.15) is 0 Å². The fourth-order valence-electron chi connectivity index (χ4n) is 3.28. The van der Waals surface area contributed by atoms with Crippen LogP contribution in [0.4, 0.5) is 0 Å². The molecule has 1 fully saturated rings. The summed E-state index contributed by atoms with van der Waals surface area (Å²) in [5.41, 5.74) is 2.23. The molecule has 0 spiro atoms. The molecule has 0 radical (unpaired) electrons. The Bertz CT molecular complexity index is 652. The normalized spacial score (nSPS) is 28.3. The number of hydrogen-bond donors (Lipinski definition) is 1. The molecule has 3 heteroatoms. The summed E-state index contributed by atoms with van der Waals surface area (Å²) in [5, 5.41) is 10.8. The van der Waals surface area contributed by atoms with Crippen LogP contribution in [0.3, 0.4) is 0 Å². The van der Waals surface area contributed by atoms with Gasteiger partial charge in [0.15, 0.2) is 0 Å². The molecule has 2 nitrogen and oxygen atoms in total. The van der Waals surface area contributed by atoms with Crippen LogP contribution < -0.4 is 4.43 Å². The van der Waals surface area contributed by atoms with Crippen LogP contribution in [0.1, 0.15) is 58.6 Å². The molecular weight excluding hydrogens is 312 g/mol. The summed E-state index contributed by atoms with van der Waals surface area (Å²) < 4.78 is 6.69. The van der Waals surface area contributed by atoms with Crippen LogP contribution in [0.5, 0.6) is 5.75 Å². The summed E-state index contributed by atoms with van der Waals surface area (Å²) >= 11 is 0. The first-order valence-corrected chi connectivity index (χ1v) is 11.8. The molecule has 2 rings (SSSR count). The van der Waals surface area contributed by atoms with E-state index in [4.69, 9.17) is 4.43 Å². The Balaban J connectivity index is 2.52. The minimum atomic E-state index is -1.93. The van der Waals surface area contributed by atoms with Crippen molar-refractivity contribution in [1.29, 1.82) is 0 Å². The van der Waals surface area contributed by atoms with E-state index in [2.05, 4.69) is 72.5 Å². The smallest absolute Gasteiger partial charge is 0.250 e. The van der Waals surface area contributed by atoms with Crippen molar-refractivity contribution in [1.82, 2.24) is 0 Å². The van der Waals surface area contributed by atoms with Crippen molar-refractivity contribution in [2.75, 3.05) is 0 Å². The van der Waals surface area contributed by atoms with E-state index in [0.29, 0.717) is 0 Å². The molecule has 0 aromatic heterocycles. The van der Waals surface area contributed by atoms with Crippen molar-refractivity contribution in [3.8, 4) is 5.75 Å². The van der Waals surface area contributed by atoms with Crippen LogP contribution in [-0.4, -0.2) is 19.0 Å². The third-order valence-electron chi connectivity index (χ3n) is 6.33. The van der Waals surface area contributed by atoms with Gasteiger partial charge in [-0.15, -0.1) is 0 Å². The molecular formula is C21H34O2Si. The molecule has 1 saturated carbocycles. The van der Waals surface area contributed by atoms with E-state index in [-0.39, 0.29) is 10.5 Å². The first kappa shape index (κ1) is 19.3. The molecule has 1 aromatic carbocycles. The summed E-state index contributed by atoms with van der Waals surface area (Å²) in [6, 6.07) is 6.46. The van der Waals surface area contributed by atoms with Crippen molar-refractivity contribution < 1.29 is 9.53 Å². The topological polar surface area (TPSA) is 29.5 Å². The van der Waals surface area contributed by atoms with Crippen LogP contribution in [0.25, 0.3) is 0 Å². The van der Waals surface area contributed by atoms with Gasteiger partial charge < -0.3 is 9.53 Å². The van der Waals surface area contributed by atoms with Crippen LogP contribution >= 0.6 is 0 Å². The highest BCUT2D eigenvalue weighted by atomic mass is 28.4. The molecule has 1 N–H and O–H groups in total. The zero-order valence-electron chi connectivity index (χ0n) is 16.7. The van der Waals surface area contributed by atoms with Crippen molar-refractivity contribution in [3.63, 3.8) is 0 Å². The minimum Gasteiger partial charge on any atom is -0.543 e. The van der Waals surface area contributed by atoms with Gasteiger partial charge in [-0.25, -0.2) is 0 Å². The highest BCUT2D eigenvalue weighted by molar-refractivity contribution is 6.74. The van der Waals surface area contributed by atoms with Crippen molar-refractivity contribution >= 4 is 8.32 Å². The quantitative estimate of drug-likeness (QED) is 0.559. The maximum Gasteiger partial charge on any atom is 0.250 e. The van der Waals surface area contributed by atoms with Gasteiger partial charge >= 0.3 is 0 Å². The molecule has 24 heavy (non-hydrogen) atoms. The monoisotopic (exact) mass is 346 g/mol. The lowest BCUT2D eigenvalue weighted by atomic mass is 9.76. The van der Waals surface area contributed by atoms with Gasteiger partial charge in [-0.05, 0) is 62.0 Å². The average Bonchev–Trinajstić information content (AvgIpc) is 2.62. The van der Waals surface area contributed by atoms with Crippen molar-refractivity contribution in [2.45, 2.75) is 83.5 Å². The largest absolute Gasteiger partial charge is 0.543 e. The standard InChI is InChI=1S/C21H34O2Si/c1-15-10-11-17(20(6)12-13-21(7,22)16(20)2)18(14-15)23-24(8,9)19(3,4)5/h10-11,14,22H,2,12-13H2,1,3-9H3/t20-,21-/m1/s1. The summed E-state index contributed by atoms with van der Waals surface area (Å²) in [6.07, 6.45) is 1.64. The van der Waals surface area contributed by atoms with Gasteiger partial charge in [0.2, 0.25) is 8.32 Å². The fraction of sp³-hybridized carbons (Fsp3) is 0.619. The van der Waals surface area contributed by atoms with E-state index < -0.39 is 13.9 Å². The minimum absolute atomic E-state index is 0.146. The van der Waals surface area contributed by atoms with Gasteiger partial charge in [-0.3, -0.25) is 0 Å². The van der Waals surface area contributed by atoms with Crippen LogP contribution in [0.2, 0.25) is 18.1 Å². The molecule has 0 heterocycles. The molecule has 2 atom stereocenters. The Morgan fingerprint density at radius 2 is 1.75 bits per heavy atom. The molecule has 1 aliphatic carbocycles. The number of aryl methyl sites for hydroxylation is 1. The lowest BCUT2D eigenvalue weighted by molar-refractivity contribution is 0.105. The maximum atomic E-state index is 10.6. The maximum absolute atomic E-state index is 10.6. The molecule has 0 amide bonds. The van der Waals surface area contributed by atoms with Crippen molar-refractivity contribution in [3.05, 3.63) is 41.5 Å². The molecule has 134 valence electrons. The Morgan fingerprint density at radius 3 is 2.21 bits per heavy atom. The molecule has 0 aliphatic heterocycles. The number of aliphatic hydroxyl groups is 1. The number of benzene rings is 1. The van der Waals surface area contributed by atoms with Crippen LogP contribution in [0.15, 0.2) is 30.4 Å². The predicted octanol–water partition coefficient (Wildman–Crippen LogP) is 5.74. The SMILES string of the molecule is C=C1[C@](C)(O)CC[C@@]1(C)c1ccc(C)cc1O[Si](C)(C)C(C)(C)C. The Labute approximate surface area is 149 Å². The van der Waals surface area contributed by atoms with Gasteiger partial charge in [0.25, 0.3) is 0 Å². The van der Waals surface area contributed by atoms with Gasteiger partial charge in [0, 0.05) is 11.0 Å². The third kappa shape index (κ3) is 3.21. The van der Waals surface area contributed by atoms with Gasteiger partial charge in [-0.1, -0.05) is 46.4 Å². The summed E-state index contributed by atoms with van der Waals surface area (Å²) in [7, 11) is -1.93. The molecule has 0 unspecified atom stereocenters. The highest BCUT2D eigenvalue weighted by Crippen LogP contribution is 2.52. The van der Waals surface area contributed by atoms with E-state index in [1.54, 1.807) is 0 Å². The van der Waals surface area contributed by atoms with E-state index in [0.717, 1.165) is 24.2 Å². The molecule has 1 aliphatic rings. The second-order valence-corrected chi connectivity index (χ2v) is 14.2. The first-order valence-electron chi connectivity index (χ1n) is 8.93. The van der Waals surface area contributed by atoms with Crippen LogP contribution in [0, 0.1) is 6.92 Å². The van der Waals surface area contributed by atoms with Gasteiger partial charge in [0.1, 0.15) is 5.75 Å². The van der Waals surface area contributed by atoms with E-state index >= 15 is 0 Å². The zero-order chi connectivity index (χ0) is 18.6. The second kappa shape index (κ2) is 5.74. The summed E-state index contributed by atoms with van der Waals surface area (Å²) in [6.45, 7) is 21.8. The van der Waals surface area contributed by atoms with Gasteiger partial charge in [0.05, 0.1) is 5.60 Å². The van der Waals surface area contributed by atoms with E-state index in [1.807, 2.05) is 6.92 Å². The molecule has 0 saturated heterocycles. The predicted molar refractivity (Wildman–Crippen MR) is 105 cm³/mol. The fourth-order valence-corrected chi connectivity index (χ4v) is 4.31. The number of hydrogen-bond acceptors (Lipinski definition) is 2. The Kier molecular flexibility index (Phi) is 4.61. The summed E-state index contributed by atoms with van der Waals surface area (Å²) in [4.78, 5) is 0. The second-order valence-electron chi connectivity index (χ2n) is 9.45.